The molecule has 0 saturated heterocycles. The summed E-state index contributed by atoms with van der Waals surface area (Å²) in [7, 11) is -3.53. The van der Waals surface area contributed by atoms with E-state index in [1.165, 1.54) is 12.1 Å². The number of rotatable bonds is 8. The molecule has 2 aromatic carbocycles. The number of hydrogen-bond donors (Lipinski definition) is 2. The van der Waals surface area contributed by atoms with Crippen molar-refractivity contribution in [3.63, 3.8) is 0 Å². The molecular weight excluding hydrogens is 384 g/mol. The topological polar surface area (TPSA) is 89.3 Å². The first-order valence-electron chi connectivity index (χ1n) is 8.75. The number of halogens is 1. The zero-order chi connectivity index (χ0) is 19.2. The summed E-state index contributed by atoms with van der Waals surface area (Å²) in [6.45, 7) is 4.27. The van der Waals surface area contributed by atoms with E-state index in [0.29, 0.717) is 30.5 Å². The minimum absolute atomic E-state index is 0. The third kappa shape index (κ3) is 5.79. The highest BCUT2D eigenvalue weighted by molar-refractivity contribution is 7.90. The second kappa shape index (κ2) is 9.88. The van der Waals surface area contributed by atoms with Crippen LogP contribution in [0.2, 0.25) is 0 Å². The minimum Gasteiger partial charge on any atom is -0.345 e. The van der Waals surface area contributed by atoms with Crippen LogP contribution in [-0.2, 0) is 15.6 Å². The Morgan fingerprint density at radius 3 is 2.22 bits per heavy atom. The molecule has 1 amide bonds. The Morgan fingerprint density at radius 2 is 1.67 bits per heavy atom. The second-order valence-electron chi connectivity index (χ2n) is 6.42. The van der Waals surface area contributed by atoms with Crippen molar-refractivity contribution < 1.29 is 13.2 Å². The lowest BCUT2D eigenvalue weighted by Crippen LogP contribution is -2.52. The van der Waals surface area contributed by atoms with Gasteiger partial charge in [-0.3, -0.25) is 4.79 Å². The van der Waals surface area contributed by atoms with E-state index in [9.17, 15) is 13.2 Å². The van der Waals surface area contributed by atoms with Crippen molar-refractivity contribution in [1.82, 2.24) is 5.32 Å². The number of carbonyl (C=O) groups excluding carboxylic acids is 1. The molecule has 0 aliphatic rings. The Bertz CT molecular complexity index is 842. The van der Waals surface area contributed by atoms with Crippen LogP contribution in [0.5, 0.6) is 0 Å². The van der Waals surface area contributed by atoms with Crippen LogP contribution in [0.1, 0.15) is 42.6 Å². The molecule has 0 spiro atoms. The number of amides is 1. The average molecular weight is 411 g/mol. The highest BCUT2D eigenvalue weighted by Crippen LogP contribution is 2.19. The lowest BCUT2D eigenvalue weighted by atomic mass is 9.92. The molecule has 0 atom stereocenters. The van der Waals surface area contributed by atoms with Crippen LogP contribution in [-0.4, -0.2) is 26.4 Å². The van der Waals surface area contributed by atoms with Crippen molar-refractivity contribution in [3.05, 3.63) is 65.7 Å². The SMILES string of the molecule is CCC(CC)(CN)NC(=O)c1cccc(S(=O)(=O)Cc2ccccc2)c1.Cl. The lowest BCUT2D eigenvalue weighted by Gasteiger charge is -2.31. The van der Waals surface area contributed by atoms with Crippen molar-refractivity contribution in [2.24, 2.45) is 5.73 Å². The zero-order valence-corrected chi connectivity index (χ0v) is 17.3. The van der Waals surface area contributed by atoms with Crippen LogP contribution in [0, 0.1) is 0 Å². The molecule has 0 saturated carbocycles. The van der Waals surface area contributed by atoms with Crippen molar-refractivity contribution in [1.29, 1.82) is 0 Å². The third-order valence-electron chi connectivity index (χ3n) is 4.78. The van der Waals surface area contributed by atoms with Gasteiger partial charge in [0.15, 0.2) is 9.84 Å². The smallest absolute Gasteiger partial charge is 0.251 e. The zero-order valence-electron chi connectivity index (χ0n) is 15.6. The maximum atomic E-state index is 12.7. The van der Waals surface area contributed by atoms with Gasteiger partial charge in [-0.2, -0.15) is 0 Å². The van der Waals surface area contributed by atoms with E-state index >= 15 is 0 Å². The number of sulfone groups is 1. The summed E-state index contributed by atoms with van der Waals surface area (Å²) in [6.07, 6.45) is 1.41. The van der Waals surface area contributed by atoms with Crippen LogP contribution in [0.4, 0.5) is 0 Å². The van der Waals surface area contributed by atoms with Crippen molar-refractivity contribution in [2.45, 2.75) is 42.9 Å². The molecule has 5 nitrogen and oxygen atoms in total. The summed E-state index contributed by atoms with van der Waals surface area (Å²) >= 11 is 0. The van der Waals surface area contributed by atoms with Crippen LogP contribution >= 0.6 is 12.4 Å². The van der Waals surface area contributed by atoms with Gasteiger partial charge in [0.05, 0.1) is 16.2 Å². The van der Waals surface area contributed by atoms with Gasteiger partial charge in [0, 0.05) is 12.1 Å². The van der Waals surface area contributed by atoms with Crippen LogP contribution in [0.15, 0.2) is 59.5 Å². The second-order valence-corrected chi connectivity index (χ2v) is 8.41. The number of nitrogens with one attached hydrogen (secondary N) is 1. The quantitative estimate of drug-likeness (QED) is 0.698. The Kier molecular flexibility index (Phi) is 8.47. The van der Waals surface area contributed by atoms with Gasteiger partial charge in [0.2, 0.25) is 0 Å². The van der Waals surface area contributed by atoms with E-state index in [0.717, 1.165) is 0 Å². The van der Waals surface area contributed by atoms with E-state index < -0.39 is 15.4 Å². The van der Waals surface area contributed by atoms with Gasteiger partial charge in [0.25, 0.3) is 5.91 Å². The molecule has 148 valence electrons. The van der Waals surface area contributed by atoms with Crippen LogP contribution < -0.4 is 11.1 Å². The first-order valence-corrected chi connectivity index (χ1v) is 10.4. The van der Waals surface area contributed by atoms with Crippen molar-refractivity contribution >= 4 is 28.2 Å². The van der Waals surface area contributed by atoms with E-state index in [2.05, 4.69) is 5.32 Å². The standard InChI is InChI=1S/C20H26N2O3S.ClH/c1-3-20(4-2,15-21)22-19(23)17-11-8-12-18(13-17)26(24,25)14-16-9-6-5-7-10-16;/h5-13H,3-4,14-15,21H2,1-2H3,(H,22,23);1H. The van der Waals surface area contributed by atoms with Gasteiger partial charge in [-0.15, -0.1) is 12.4 Å². The molecule has 0 heterocycles. The van der Waals surface area contributed by atoms with Gasteiger partial charge < -0.3 is 11.1 Å². The molecule has 0 fully saturated rings. The predicted octanol–water partition coefficient (Wildman–Crippen LogP) is 3.33. The molecule has 0 aliphatic heterocycles. The summed E-state index contributed by atoms with van der Waals surface area (Å²) in [5, 5.41) is 2.97. The fourth-order valence-electron chi connectivity index (χ4n) is 2.79. The summed E-state index contributed by atoms with van der Waals surface area (Å²) in [5.74, 6) is -0.411. The summed E-state index contributed by atoms with van der Waals surface area (Å²) in [5.41, 5.74) is 6.38. The van der Waals surface area contributed by atoms with Crippen molar-refractivity contribution in [3.8, 4) is 0 Å². The summed E-state index contributed by atoms with van der Waals surface area (Å²) in [6, 6.07) is 15.1. The normalized spacial score (nSPS) is 11.5. The lowest BCUT2D eigenvalue weighted by molar-refractivity contribution is 0.0895. The Morgan fingerprint density at radius 1 is 1.04 bits per heavy atom. The minimum atomic E-state index is -3.53. The van der Waals surface area contributed by atoms with Gasteiger partial charge in [-0.05, 0) is 36.6 Å². The number of carbonyl (C=O) groups is 1. The van der Waals surface area contributed by atoms with E-state index in [-0.39, 0.29) is 29.0 Å². The molecule has 0 unspecified atom stereocenters. The van der Waals surface area contributed by atoms with Gasteiger partial charge in [0.1, 0.15) is 0 Å². The maximum Gasteiger partial charge on any atom is 0.251 e. The van der Waals surface area contributed by atoms with E-state index in [4.69, 9.17) is 5.73 Å². The third-order valence-corrected chi connectivity index (χ3v) is 6.46. The number of hydrogen-bond acceptors (Lipinski definition) is 4. The van der Waals surface area contributed by atoms with Crippen molar-refractivity contribution in [2.75, 3.05) is 6.54 Å². The largest absolute Gasteiger partial charge is 0.345 e. The van der Waals surface area contributed by atoms with E-state index in [1.54, 1.807) is 36.4 Å². The molecule has 27 heavy (non-hydrogen) atoms. The summed E-state index contributed by atoms with van der Waals surface area (Å²) < 4.78 is 25.4. The molecule has 3 N–H and O–H groups in total. The first kappa shape index (κ1) is 23.1. The number of nitrogens with two attached hydrogens (primary N) is 1. The van der Waals surface area contributed by atoms with Gasteiger partial charge in [-0.25, -0.2) is 8.42 Å². The highest BCUT2D eigenvalue weighted by Gasteiger charge is 2.27. The molecule has 0 aliphatic carbocycles. The Labute approximate surface area is 167 Å². The molecular formula is C20H27ClN2O3S. The Balaban J connectivity index is 0.00000364. The average Bonchev–Trinajstić information content (AvgIpc) is 2.66. The van der Waals surface area contributed by atoms with Crippen LogP contribution in [0.3, 0.4) is 0 Å². The molecule has 2 rings (SSSR count). The summed E-state index contributed by atoms with van der Waals surface area (Å²) in [4.78, 5) is 12.8. The number of benzene rings is 2. The molecule has 0 radical (unpaired) electrons. The molecule has 2 aromatic rings. The van der Waals surface area contributed by atoms with Crippen LogP contribution in [0.25, 0.3) is 0 Å². The fraction of sp³-hybridized carbons (Fsp3) is 0.350. The van der Waals surface area contributed by atoms with Gasteiger partial charge in [-0.1, -0.05) is 50.2 Å². The highest BCUT2D eigenvalue weighted by atomic mass is 35.5. The maximum absolute atomic E-state index is 12.7. The fourth-order valence-corrected chi connectivity index (χ4v) is 4.18. The van der Waals surface area contributed by atoms with Gasteiger partial charge >= 0.3 is 0 Å². The predicted molar refractivity (Wildman–Crippen MR) is 111 cm³/mol. The molecule has 0 bridgehead atoms. The molecule has 0 aromatic heterocycles. The first-order chi connectivity index (χ1) is 12.4. The van der Waals surface area contributed by atoms with E-state index in [1.807, 2.05) is 19.9 Å². The monoisotopic (exact) mass is 410 g/mol. The molecule has 7 heteroatoms. The Hall–Kier alpha value is -1.89.